The summed E-state index contributed by atoms with van der Waals surface area (Å²) in [6.45, 7) is 2.82. The maximum Gasteiger partial charge on any atom is 0.241 e. The molecule has 0 fully saturated rings. The molecule has 5 nitrogen and oxygen atoms in total. The minimum atomic E-state index is -3.80. The number of hydrogen-bond acceptors (Lipinski definition) is 4. The smallest absolute Gasteiger partial charge is 0.241 e. The zero-order chi connectivity index (χ0) is 16.9. The first kappa shape index (κ1) is 20.4. The van der Waals surface area contributed by atoms with E-state index < -0.39 is 10.0 Å². The van der Waals surface area contributed by atoms with E-state index in [0.717, 1.165) is 12.1 Å². The van der Waals surface area contributed by atoms with Gasteiger partial charge in [0.25, 0.3) is 0 Å². The molecule has 0 spiro atoms. The zero-order valence-electron chi connectivity index (χ0n) is 13.7. The van der Waals surface area contributed by atoms with E-state index in [4.69, 9.17) is 9.88 Å². The third-order valence-electron chi connectivity index (χ3n) is 3.57. The summed E-state index contributed by atoms with van der Waals surface area (Å²) in [5.41, 5.74) is 2.10. The molecule has 1 atom stereocenters. The van der Waals surface area contributed by atoms with Crippen molar-refractivity contribution in [3.63, 3.8) is 0 Å². The molecular formula is C17H23ClN2O3S. The lowest BCUT2D eigenvalue weighted by molar-refractivity contribution is 0.402. The number of nitrogens with one attached hydrogen (secondary N) is 1. The Kier molecular flexibility index (Phi) is 7.69. The molecule has 132 valence electrons. The van der Waals surface area contributed by atoms with Crippen LogP contribution in [0.15, 0.2) is 53.4 Å². The first-order valence-corrected chi connectivity index (χ1v) is 8.92. The van der Waals surface area contributed by atoms with Crippen LogP contribution in [0.2, 0.25) is 0 Å². The van der Waals surface area contributed by atoms with Gasteiger partial charge in [0.05, 0.1) is 7.11 Å². The Morgan fingerprint density at radius 1 is 1.12 bits per heavy atom. The molecule has 0 saturated carbocycles. The van der Waals surface area contributed by atoms with Gasteiger partial charge in [0.1, 0.15) is 10.6 Å². The fraction of sp³-hybridized carbons (Fsp3) is 0.294. The van der Waals surface area contributed by atoms with Crippen molar-refractivity contribution in [2.45, 2.75) is 30.8 Å². The molecule has 1 unspecified atom stereocenters. The summed E-state index contributed by atoms with van der Waals surface area (Å²) in [7, 11) is -2.38. The number of halogens is 1. The molecule has 0 saturated heterocycles. The molecule has 0 aliphatic carbocycles. The zero-order valence-corrected chi connectivity index (χ0v) is 15.4. The first-order chi connectivity index (χ1) is 10.9. The Balaban J connectivity index is 0.00000288. The van der Waals surface area contributed by atoms with E-state index in [1.807, 2.05) is 24.3 Å². The van der Waals surface area contributed by atoms with Crippen LogP contribution in [0, 0.1) is 0 Å². The Labute approximate surface area is 149 Å². The van der Waals surface area contributed by atoms with Crippen molar-refractivity contribution in [3.05, 3.63) is 59.7 Å². The number of sulfonamides is 1. The van der Waals surface area contributed by atoms with Gasteiger partial charge in [0, 0.05) is 12.6 Å². The summed E-state index contributed by atoms with van der Waals surface area (Å²) in [4.78, 5) is 0.0211. The van der Waals surface area contributed by atoms with E-state index in [-0.39, 0.29) is 29.1 Å². The fourth-order valence-corrected chi connectivity index (χ4v) is 3.13. The highest BCUT2D eigenvalue weighted by atomic mass is 35.5. The van der Waals surface area contributed by atoms with E-state index in [1.54, 1.807) is 12.1 Å². The topological polar surface area (TPSA) is 81.4 Å². The van der Waals surface area contributed by atoms with Crippen LogP contribution in [0.4, 0.5) is 0 Å². The summed E-state index contributed by atoms with van der Waals surface area (Å²) >= 11 is 0. The van der Waals surface area contributed by atoms with E-state index in [9.17, 15) is 8.42 Å². The van der Waals surface area contributed by atoms with Gasteiger partial charge in [-0.05, 0) is 36.6 Å². The lowest BCUT2D eigenvalue weighted by Gasteiger charge is -2.15. The van der Waals surface area contributed by atoms with Crippen LogP contribution in [-0.4, -0.2) is 21.6 Å². The average molecular weight is 371 g/mol. The molecule has 0 heterocycles. The number of benzene rings is 2. The molecule has 0 radical (unpaired) electrons. The summed E-state index contributed by atoms with van der Waals surface area (Å²) in [6, 6.07) is 15.4. The van der Waals surface area contributed by atoms with Gasteiger partial charge >= 0.3 is 0 Å². The van der Waals surface area contributed by atoms with Crippen molar-refractivity contribution in [1.29, 1.82) is 0 Å². The van der Waals surface area contributed by atoms with E-state index in [1.165, 1.54) is 12.7 Å². The molecule has 3 N–H and O–H groups in total. The molecule has 0 aliphatic heterocycles. The summed E-state index contributed by atoms with van der Waals surface area (Å²) in [5, 5.41) is 8.67. The molecule has 0 amide bonds. The maximum atomic E-state index is 11.6. The van der Waals surface area contributed by atoms with E-state index >= 15 is 0 Å². The second-order valence-corrected chi connectivity index (χ2v) is 7.03. The Hall–Kier alpha value is -1.60. The summed E-state index contributed by atoms with van der Waals surface area (Å²) < 4.78 is 28.3. The third kappa shape index (κ3) is 5.79. The molecule has 2 aromatic carbocycles. The average Bonchev–Trinajstić information content (AvgIpc) is 2.53. The van der Waals surface area contributed by atoms with E-state index in [0.29, 0.717) is 6.42 Å². The third-order valence-corrected chi connectivity index (χ3v) is 4.51. The normalized spacial score (nSPS) is 12.3. The van der Waals surface area contributed by atoms with Crippen LogP contribution >= 0.6 is 12.4 Å². The highest BCUT2D eigenvalue weighted by molar-refractivity contribution is 7.89. The van der Waals surface area contributed by atoms with Gasteiger partial charge < -0.3 is 10.1 Å². The van der Waals surface area contributed by atoms with Crippen LogP contribution in [0.1, 0.15) is 18.1 Å². The molecule has 7 heteroatoms. The highest BCUT2D eigenvalue weighted by Crippen LogP contribution is 2.24. The molecular weight excluding hydrogens is 348 g/mol. The van der Waals surface area contributed by atoms with Gasteiger partial charge in [-0.25, -0.2) is 13.6 Å². The van der Waals surface area contributed by atoms with E-state index in [2.05, 4.69) is 24.4 Å². The Bertz CT molecular complexity index is 752. The molecule has 2 rings (SSSR count). The number of rotatable bonds is 7. The number of methoxy groups -OCH3 is 1. The number of nitrogens with two attached hydrogens (primary N) is 1. The second kappa shape index (κ2) is 9.03. The second-order valence-electron chi connectivity index (χ2n) is 5.50. The first-order valence-electron chi connectivity index (χ1n) is 7.37. The number of ether oxygens (including phenoxy) is 1. The minimum absolute atomic E-state index is 0. The minimum Gasteiger partial charge on any atom is -0.495 e. The number of primary sulfonamides is 1. The van der Waals surface area contributed by atoms with Crippen molar-refractivity contribution < 1.29 is 13.2 Å². The number of hydrogen-bond donors (Lipinski definition) is 2. The van der Waals surface area contributed by atoms with Crippen LogP contribution in [0.25, 0.3) is 0 Å². The summed E-state index contributed by atoms with van der Waals surface area (Å²) in [5.74, 6) is 0.265. The van der Waals surface area contributed by atoms with Crippen LogP contribution in [0.3, 0.4) is 0 Å². The molecule has 24 heavy (non-hydrogen) atoms. The predicted molar refractivity (Wildman–Crippen MR) is 98.1 cm³/mol. The van der Waals surface area contributed by atoms with Crippen molar-refractivity contribution in [3.8, 4) is 5.75 Å². The molecule has 2 aromatic rings. The van der Waals surface area contributed by atoms with Gasteiger partial charge in [0.15, 0.2) is 0 Å². The van der Waals surface area contributed by atoms with Crippen molar-refractivity contribution in [1.82, 2.24) is 5.32 Å². The van der Waals surface area contributed by atoms with Gasteiger partial charge in [-0.2, -0.15) is 0 Å². The van der Waals surface area contributed by atoms with Crippen molar-refractivity contribution in [2.75, 3.05) is 7.11 Å². The summed E-state index contributed by atoms with van der Waals surface area (Å²) in [6.07, 6.45) is 0.694. The molecule has 0 bridgehead atoms. The largest absolute Gasteiger partial charge is 0.495 e. The maximum absolute atomic E-state index is 11.6. The van der Waals surface area contributed by atoms with Gasteiger partial charge in [-0.15, -0.1) is 12.4 Å². The predicted octanol–water partition coefficient (Wildman–Crippen LogP) is 2.49. The van der Waals surface area contributed by atoms with Gasteiger partial charge in [-0.1, -0.05) is 36.4 Å². The monoisotopic (exact) mass is 370 g/mol. The van der Waals surface area contributed by atoms with Crippen LogP contribution < -0.4 is 15.2 Å². The van der Waals surface area contributed by atoms with Crippen molar-refractivity contribution in [2.24, 2.45) is 5.14 Å². The Morgan fingerprint density at radius 2 is 1.79 bits per heavy atom. The van der Waals surface area contributed by atoms with Gasteiger partial charge in [-0.3, -0.25) is 0 Å². The van der Waals surface area contributed by atoms with Crippen LogP contribution in [-0.2, 0) is 23.0 Å². The van der Waals surface area contributed by atoms with Crippen molar-refractivity contribution >= 4 is 22.4 Å². The Morgan fingerprint density at radius 3 is 2.38 bits per heavy atom. The molecule has 0 aliphatic rings. The molecule has 0 aromatic heterocycles. The van der Waals surface area contributed by atoms with Crippen LogP contribution in [0.5, 0.6) is 5.75 Å². The quantitative estimate of drug-likeness (QED) is 0.784. The highest BCUT2D eigenvalue weighted by Gasteiger charge is 2.16. The fourth-order valence-electron chi connectivity index (χ4n) is 2.38. The lowest BCUT2D eigenvalue weighted by Crippen LogP contribution is -2.27. The lowest BCUT2D eigenvalue weighted by atomic mass is 10.1. The van der Waals surface area contributed by atoms with Gasteiger partial charge in [0.2, 0.25) is 10.0 Å². The standard InChI is InChI=1S/C17H22N2O3S.ClH/c1-13(19-12-14-6-4-3-5-7-14)10-15-8-9-16(22-2)17(11-15)23(18,20)21;/h3-9,11,13,19H,10,12H2,1-2H3,(H2,18,20,21);1H. The SMILES string of the molecule is COc1ccc(CC(C)NCc2ccccc2)cc1S(N)(=O)=O.Cl.